The Balaban J connectivity index is 1.19. The van der Waals surface area contributed by atoms with E-state index in [0.717, 1.165) is 24.8 Å². The summed E-state index contributed by atoms with van der Waals surface area (Å²) in [4.78, 5) is 52.9. The molecule has 258 valence electrons. The predicted octanol–water partition coefficient (Wildman–Crippen LogP) is 3.76. The molecule has 3 saturated carbocycles. The second-order valence-corrected chi connectivity index (χ2v) is 15.6. The van der Waals surface area contributed by atoms with Crippen molar-refractivity contribution in [3.8, 4) is 23.0 Å². The number of allylic oxidation sites excluding steroid dienone is 1. The molecular weight excluding hydrogens is 646 g/mol. The molecule has 2 aromatic carbocycles. The van der Waals surface area contributed by atoms with Gasteiger partial charge in [-0.15, -0.1) is 0 Å². The van der Waals surface area contributed by atoms with Crippen molar-refractivity contribution in [2.45, 2.75) is 68.3 Å². The molecule has 3 amide bonds. The monoisotopic (exact) mass is 687 g/mol. The first-order chi connectivity index (χ1) is 23.6. The van der Waals surface area contributed by atoms with Crippen LogP contribution in [0.25, 0.3) is 22.3 Å². The van der Waals surface area contributed by atoms with E-state index in [1.54, 1.807) is 25.1 Å². The minimum absolute atomic E-state index is 0.164. The van der Waals surface area contributed by atoms with E-state index in [4.69, 9.17) is 19.4 Å². The Labute approximate surface area is 285 Å². The Morgan fingerprint density at radius 2 is 1.82 bits per heavy atom. The lowest BCUT2D eigenvalue weighted by Gasteiger charge is -2.26. The number of amides is 3. The van der Waals surface area contributed by atoms with Gasteiger partial charge in [-0.3, -0.25) is 19.1 Å². The molecule has 2 heterocycles. The Kier molecular flexibility index (Phi) is 8.80. The molecule has 3 fully saturated rings. The molecule has 2 N–H and O–H groups in total. The standard InChI is InChI=1S/C36H41N5O7S/c1-41-17-9-4-3-8-12-23-21-36(23,35(44)40-49(45,46)26-14-15-26)39-32(42)28-18-25(19-29(28)34(41)43)48-33-27-16-13-24(47-2)20-30(27)37-31(38-33)22-10-6-5-7-11-22/h5-8,10-13,16,20,23,25-26,28-29H,3-4,9,14-15,17-19,21H2,1-2H3,(H,39,42)(H,40,44)/b12-8-/t23-,25-,28-,29-,36-/m1/s1. The summed E-state index contributed by atoms with van der Waals surface area (Å²) in [5.41, 5.74) is 0.0216. The molecule has 4 aliphatic rings. The third-order valence-corrected chi connectivity index (χ3v) is 12.0. The number of carbonyl (C=O) groups is 3. The summed E-state index contributed by atoms with van der Waals surface area (Å²) in [5, 5.41) is 3.01. The van der Waals surface area contributed by atoms with E-state index in [2.05, 4.69) is 10.0 Å². The van der Waals surface area contributed by atoms with Gasteiger partial charge in [0.25, 0.3) is 5.91 Å². The Hall–Kier alpha value is -4.52. The van der Waals surface area contributed by atoms with Crippen molar-refractivity contribution in [3.05, 3.63) is 60.7 Å². The first kappa shape index (κ1) is 33.0. The minimum atomic E-state index is -3.82. The fraction of sp³-hybridized carbons (Fsp3) is 0.472. The summed E-state index contributed by atoms with van der Waals surface area (Å²) in [6, 6.07) is 15.0. The molecule has 0 bridgehead atoms. The van der Waals surface area contributed by atoms with E-state index < -0.39 is 50.6 Å². The van der Waals surface area contributed by atoms with E-state index in [-0.39, 0.29) is 31.1 Å². The molecular formula is C36H41N5O7S. The molecule has 7 rings (SSSR count). The second kappa shape index (κ2) is 13.1. The van der Waals surface area contributed by atoms with Gasteiger partial charge < -0.3 is 19.7 Å². The van der Waals surface area contributed by atoms with Gasteiger partial charge in [0.05, 0.1) is 35.1 Å². The summed E-state index contributed by atoms with van der Waals surface area (Å²) in [6.45, 7) is 0.552. The van der Waals surface area contributed by atoms with Crippen LogP contribution in [-0.2, 0) is 24.4 Å². The lowest BCUT2D eigenvalue weighted by atomic mass is 9.93. The van der Waals surface area contributed by atoms with Gasteiger partial charge in [-0.25, -0.2) is 13.4 Å². The zero-order valence-electron chi connectivity index (χ0n) is 27.6. The fourth-order valence-electron chi connectivity index (χ4n) is 7.06. The second-order valence-electron chi connectivity index (χ2n) is 13.7. The van der Waals surface area contributed by atoms with Gasteiger partial charge in [0.1, 0.15) is 17.4 Å². The topological polar surface area (TPSA) is 157 Å². The van der Waals surface area contributed by atoms with Gasteiger partial charge in [-0.2, -0.15) is 4.98 Å². The fourth-order valence-corrected chi connectivity index (χ4v) is 8.43. The number of sulfonamides is 1. The highest BCUT2D eigenvalue weighted by atomic mass is 32.2. The normalized spacial score (nSPS) is 28.1. The smallest absolute Gasteiger partial charge is 0.259 e. The third kappa shape index (κ3) is 6.72. The van der Waals surface area contributed by atoms with Gasteiger partial charge in [0, 0.05) is 31.1 Å². The van der Waals surface area contributed by atoms with E-state index >= 15 is 0 Å². The minimum Gasteiger partial charge on any atom is -0.497 e. The van der Waals surface area contributed by atoms with Crippen molar-refractivity contribution < 1.29 is 32.3 Å². The van der Waals surface area contributed by atoms with E-state index in [1.807, 2.05) is 54.6 Å². The molecule has 0 radical (unpaired) electrons. The van der Waals surface area contributed by atoms with Crippen LogP contribution in [0.4, 0.5) is 0 Å². The van der Waals surface area contributed by atoms with E-state index in [9.17, 15) is 22.8 Å². The third-order valence-electron chi connectivity index (χ3n) is 10.2. The van der Waals surface area contributed by atoms with Crippen LogP contribution < -0.4 is 19.5 Å². The van der Waals surface area contributed by atoms with Crippen molar-refractivity contribution in [1.82, 2.24) is 24.9 Å². The van der Waals surface area contributed by atoms with Crippen LogP contribution in [0.5, 0.6) is 11.6 Å². The van der Waals surface area contributed by atoms with Crippen LogP contribution in [0.2, 0.25) is 0 Å². The quantitative estimate of drug-likeness (QED) is 0.353. The lowest BCUT2D eigenvalue weighted by molar-refractivity contribution is -0.140. The summed E-state index contributed by atoms with van der Waals surface area (Å²) >= 11 is 0. The molecule has 0 unspecified atom stereocenters. The number of carbonyl (C=O) groups excluding carboxylic acids is 3. The highest BCUT2D eigenvalue weighted by Gasteiger charge is 2.62. The Morgan fingerprint density at radius 1 is 1.04 bits per heavy atom. The van der Waals surface area contributed by atoms with Gasteiger partial charge in [-0.1, -0.05) is 42.5 Å². The van der Waals surface area contributed by atoms with Crippen LogP contribution in [0.3, 0.4) is 0 Å². The van der Waals surface area contributed by atoms with Gasteiger partial charge >= 0.3 is 0 Å². The molecule has 3 aliphatic carbocycles. The highest BCUT2D eigenvalue weighted by Crippen LogP contribution is 2.47. The number of ether oxygens (including phenoxy) is 2. The molecule has 12 nitrogen and oxygen atoms in total. The molecule has 1 aromatic heterocycles. The van der Waals surface area contributed by atoms with E-state index in [1.165, 1.54) is 0 Å². The van der Waals surface area contributed by atoms with E-state index in [0.29, 0.717) is 47.7 Å². The first-order valence-electron chi connectivity index (χ1n) is 17.0. The zero-order chi connectivity index (χ0) is 34.3. The van der Waals surface area contributed by atoms with Gasteiger partial charge in [0.2, 0.25) is 27.7 Å². The maximum absolute atomic E-state index is 14.2. The molecule has 3 aromatic rings. The molecule has 5 atom stereocenters. The van der Waals surface area contributed by atoms with Crippen molar-refractivity contribution in [1.29, 1.82) is 0 Å². The number of rotatable bonds is 7. The first-order valence-corrected chi connectivity index (χ1v) is 18.5. The van der Waals surface area contributed by atoms with Gasteiger partial charge in [-0.05, 0) is 63.5 Å². The van der Waals surface area contributed by atoms with Crippen molar-refractivity contribution >= 4 is 38.6 Å². The number of fused-ring (bicyclic) bond motifs is 3. The van der Waals surface area contributed by atoms with Crippen LogP contribution in [-0.4, -0.2) is 78.6 Å². The maximum atomic E-state index is 14.2. The van der Waals surface area contributed by atoms with Crippen LogP contribution in [0, 0.1) is 17.8 Å². The molecule has 0 spiro atoms. The van der Waals surface area contributed by atoms with Crippen molar-refractivity contribution in [2.24, 2.45) is 17.8 Å². The number of benzene rings is 2. The number of aromatic nitrogens is 2. The van der Waals surface area contributed by atoms with Gasteiger partial charge in [0.15, 0.2) is 5.82 Å². The number of hydrogen-bond donors (Lipinski definition) is 2. The van der Waals surface area contributed by atoms with Crippen molar-refractivity contribution in [3.63, 3.8) is 0 Å². The SMILES string of the molecule is COc1ccc2c(O[C@@H]3C[C@H]4C(=O)N[C@]5(C(=O)NS(=O)(=O)C6CC6)C[C@H]5/C=C\CCCCN(C)C(=O)[C@@H]4C3)nc(-c3ccccc3)nc2c1. The largest absolute Gasteiger partial charge is 0.497 e. The van der Waals surface area contributed by atoms with Crippen LogP contribution in [0.1, 0.15) is 51.4 Å². The number of hydrogen-bond acceptors (Lipinski definition) is 9. The van der Waals surface area contributed by atoms with Crippen molar-refractivity contribution in [2.75, 3.05) is 20.7 Å². The summed E-state index contributed by atoms with van der Waals surface area (Å²) in [7, 11) is -0.492. The highest BCUT2D eigenvalue weighted by molar-refractivity contribution is 7.91. The maximum Gasteiger partial charge on any atom is 0.259 e. The molecule has 0 saturated heterocycles. The lowest BCUT2D eigenvalue weighted by Crippen LogP contribution is -2.54. The number of nitrogens with one attached hydrogen (secondary N) is 2. The zero-order valence-corrected chi connectivity index (χ0v) is 28.4. The molecule has 49 heavy (non-hydrogen) atoms. The average Bonchev–Trinajstić information content (AvgIpc) is 4.02. The summed E-state index contributed by atoms with van der Waals surface area (Å²) < 4.78 is 39.7. The molecule has 13 heteroatoms. The van der Waals surface area contributed by atoms with Crippen LogP contribution >= 0.6 is 0 Å². The van der Waals surface area contributed by atoms with Crippen LogP contribution in [0.15, 0.2) is 60.7 Å². The summed E-state index contributed by atoms with van der Waals surface area (Å²) in [5.74, 6) is -1.79. The number of nitrogens with zero attached hydrogens (tertiary/aromatic N) is 3. The summed E-state index contributed by atoms with van der Waals surface area (Å²) in [6.07, 6.45) is 7.47. The Morgan fingerprint density at radius 3 is 2.57 bits per heavy atom. The predicted molar refractivity (Wildman–Crippen MR) is 182 cm³/mol. The Bertz CT molecular complexity index is 1920. The average molecular weight is 688 g/mol. The number of methoxy groups -OCH3 is 1. The molecule has 1 aliphatic heterocycles.